The van der Waals surface area contributed by atoms with Crippen molar-refractivity contribution in [1.82, 2.24) is 14.9 Å². The van der Waals surface area contributed by atoms with Gasteiger partial charge < -0.3 is 0 Å². The Bertz CT molecular complexity index is 604. The Morgan fingerprint density at radius 1 is 1.05 bits per heavy atom. The fraction of sp³-hybridized carbons (Fsp3) is 0.294. The van der Waals surface area contributed by atoms with Gasteiger partial charge in [0.15, 0.2) is 0 Å². The molecular formula is C17H19ClN4. The number of hydrogen-bond donors (Lipinski definition) is 0. The van der Waals surface area contributed by atoms with E-state index in [4.69, 9.17) is 11.6 Å². The average Bonchev–Trinajstić information content (AvgIpc) is 2.57. The first-order valence-corrected chi connectivity index (χ1v) is 7.84. The van der Waals surface area contributed by atoms with Gasteiger partial charge in [0, 0.05) is 43.9 Å². The Kier molecular flexibility index (Phi) is 5.03. The fourth-order valence-electron chi connectivity index (χ4n) is 2.45. The molecule has 4 nitrogen and oxygen atoms in total. The van der Waals surface area contributed by atoms with E-state index in [1.54, 1.807) is 6.20 Å². The summed E-state index contributed by atoms with van der Waals surface area (Å²) >= 11 is 5.92. The minimum Gasteiger partial charge on any atom is -0.295 e. The quantitative estimate of drug-likeness (QED) is 0.813. The predicted octanol–water partition coefficient (Wildman–Crippen LogP) is 2.89. The number of benzene rings is 1. The second-order valence-electron chi connectivity index (χ2n) is 5.36. The molecule has 0 spiro atoms. The number of pyridine rings is 1. The van der Waals surface area contributed by atoms with Gasteiger partial charge in [-0.05, 0) is 29.8 Å². The van der Waals surface area contributed by atoms with E-state index in [9.17, 15) is 0 Å². The van der Waals surface area contributed by atoms with Crippen molar-refractivity contribution in [1.29, 1.82) is 0 Å². The van der Waals surface area contributed by atoms with Crippen LogP contribution in [0, 0.1) is 0 Å². The van der Waals surface area contributed by atoms with E-state index in [2.05, 4.69) is 32.1 Å². The van der Waals surface area contributed by atoms with Crippen LogP contribution in [0.5, 0.6) is 0 Å². The highest BCUT2D eigenvalue weighted by Crippen LogP contribution is 2.13. The van der Waals surface area contributed by atoms with E-state index < -0.39 is 0 Å². The number of nitrogens with zero attached hydrogens (tertiary/aromatic N) is 4. The molecule has 114 valence electrons. The number of halogens is 1. The van der Waals surface area contributed by atoms with Crippen molar-refractivity contribution in [2.75, 3.05) is 26.2 Å². The molecule has 0 radical (unpaired) electrons. The molecule has 1 aliphatic heterocycles. The third-order valence-electron chi connectivity index (χ3n) is 3.71. The molecule has 1 aromatic carbocycles. The Morgan fingerprint density at radius 3 is 2.50 bits per heavy atom. The molecule has 0 aliphatic carbocycles. The lowest BCUT2D eigenvalue weighted by Crippen LogP contribution is -2.43. The molecule has 2 heterocycles. The molecule has 22 heavy (non-hydrogen) atoms. The molecule has 0 bridgehead atoms. The van der Waals surface area contributed by atoms with Crippen molar-refractivity contribution in [3.63, 3.8) is 0 Å². The van der Waals surface area contributed by atoms with Crippen molar-refractivity contribution in [3.8, 4) is 0 Å². The number of piperazine rings is 1. The molecule has 0 unspecified atom stereocenters. The van der Waals surface area contributed by atoms with Crippen LogP contribution in [0.1, 0.15) is 11.3 Å². The number of hydrogen-bond acceptors (Lipinski definition) is 4. The van der Waals surface area contributed by atoms with Gasteiger partial charge >= 0.3 is 0 Å². The van der Waals surface area contributed by atoms with Crippen LogP contribution in [0.15, 0.2) is 53.8 Å². The first-order valence-electron chi connectivity index (χ1n) is 7.46. The summed E-state index contributed by atoms with van der Waals surface area (Å²) in [5, 5.41) is 7.40. The average molecular weight is 315 g/mol. The van der Waals surface area contributed by atoms with Gasteiger partial charge in [-0.25, -0.2) is 0 Å². The Morgan fingerprint density at radius 2 is 1.82 bits per heavy atom. The zero-order valence-electron chi connectivity index (χ0n) is 12.4. The van der Waals surface area contributed by atoms with Gasteiger partial charge in [0.05, 0.1) is 11.9 Å². The summed E-state index contributed by atoms with van der Waals surface area (Å²) in [5.41, 5.74) is 2.20. The van der Waals surface area contributed by atoms with Crippen LogP contribution in [-0.4, -0.2) is 47.3 Å². The highest BCUT2D eigenvalue weighted by Gasteiger charge is 2.15. The molecule has 1 aliphatic rings. The van der Waals surface area contributed by atoms with E-state index in [0.29, 0.717) is 0 Å². The van der Waals surface area contributed by atoms with Crippen molar-refractivity contribution < 1.29 is 0 Å². The van der Waals surface area contributed by atoms with Gasteiger partial charge in [0.1, 0.15) is 0 Å². The Hall–Kier alpha value is -1.91. The van der Waals surface area contributed by atoms with Crippen molar-refractivity contribution >= 4 is 17.8 Å². The van der Waals surface area contributed by atoms with Gasteiger partial charge in [0.2, 0.25) is 0 Å². The van der Waals surface area contributed by atoms with Crippen LogP contribution in [0.4, 0.5) is 0 Å². The smallest absolute Gasteiger partial charge is 0.0830 e. The maximum absolute atomic E-state index is 5.92. The van der Waals surface area contributed by atoms with Crippen molar-refractivity contribution in [2.24, 2.45) is 5.10 Å². The zero-order valence-corrected chi connectivity index (χ0v) is 13.2. The summed E-state index contributed by atoms with van der Waals surface area (Å²) in [7, 11) is 0. The van der Waals surface area contributed by atoms with Gasteiger partial charge in [-0.15, -0.1) is 0 Å². The van der Waals surface area contributed by atoms with Crippen LogP contribution in [0.3, 0.4) is 0 Å². The lowest BCUT2D eigenvalue weighted by Gasteiger charge is -2.33. The second kappa shape index (κ2) is 7.38. The molecule has 0 N–H and O–H groups in total. The molecule has 1 fully saturated rings. The minimum atomic E-state index is 0.789. The van der Waals surface area contributed by atoms with Gasteiger partial charge in [-0.2, -0.15) is 5.10 Å². The molecule has 1 aromatic heterocycles. The van der Waals surface area contributed by atoms with Crippen LogP contribution in [0.25, 0.3) is 0 Å². The monoisotopic (exact) mass is 314 g/mol. The van der Waals surface area contributed by atoms with Crippen molar-refractivity contribution in [2.45, 2.75) is 6.54 Å². The summed E-state index contributed by atoms with van der Waals surface area (Å²) in [6.07, 6.45) is 3.61. The highest BCUT2D eigenvalue weighted by atomic mass is 35.5. The third kappa shape index (κ3) is 4.29. The van der Waals surface area contributed by atoms with Gasteiger partial charge in [-0.1, -0.05) is 29.8 Å². The standard InChI is InChI=1S/C17H19ClN4/c18-16-6-4-15(5-7-16)14-21-9-11-22(12-10-21)20-13-17-3-1-2-8-19-17/h1-8,13H,9-12,14H2/b20-13-. The van der Waals surface area contributed by atoms with Crippen LogP contribution in [0.2, 0.25) is 5.02 Å². The second-order valence-corrected chi connectivity index (χ2v) is 5.79. The van der Waals surface area contributed by atoms with Gasteiger partial charge in [-0.3, -0.25) is 14.9 Å². The fourth-order valence-corrected chi connectivity index (χ4v) is 2.58. The largest absolute Gasteiger partial charge is 0.295 e. The highest BCUT2D eigenvalue weighted by molar-refractivity contribution is 6.30. The molecule has 1 saturated heterocycles. The van der Waals surface area contributed by atoms with Crippen LogP contribution < -0.4 is 0 Å². The lowest BCUT2D eigenvalue weighted by atomic mass is 10.2. The molecule has 0 atom stereocenters. The number of aromatic nitrogens is 1. The SMILES string of the molecule is Clc1ccc(CN2CCN(/N=C\c3ccccn3)CC2)cc1. The topological polar surface area (TPSA) is 31.7 Å². The summed E-state index contributed by atoms with van der Waals surface area (Å²) in [6, 6.07) is 13.9. The number of rotatable bonds is 4. The van der Waals surface area contributed by atoms with Crippen LogP contribution >= 0.6 is 11.6 Å². The molecule has 0 saturated carbocycles. The molecule has 2 aromatic rings. The van der Waals surface area contributed by atoms with Crippen LogP contribution in [-0.2, 0) is 6.54 Å². The molecule has 3 rings (SSSR count). The van der Waals surface area contributed by atoms with E-state index in [-0.39, 0.29) is 0 Å². The summed E-state index contributed by atoms with van der Waals surface area (Å²) in [5.74, 6) is 0. The molecular weight excluding hydrogens is 296 g/mol. The summed E-state index contributed by atoms with van der Waals surface area (Å²) < 4.78 is 0. The van der Waals surface area contributed by atoms with Gasteiger partial charge in [0.25, 0.3) is 0 Å². The van der Waals surface area contributed by atoms with Crippen molar-refractivity contribution in [3.05, 3.63) is 64.9 Å². The normalized spacial score (nSPS) is 16.3. The molecule has 5 heteroatoms. The summed E-state index contributed by atoms with van der Waals surface area (Å²) in [6.45, 7) is 4.88. The Labute approximate surface area is 136 Å². The minimum absolute atomic E-state index is 0.789. The maximum atomic E-state index is 5.92. The zero-order chi connectivity index (χ0) is 15.2. The third-order valence-corrected chi connectivity index (χ3v) is 3.96. The first kappa shape index (κ1) is 15.0. The predicted molar refractivity (Wildman–Crippen MR) is 90.1 cm³/mol. The lowest BCUT2D eigenvalue weighted by molar-refractivity contribution is 0.131. The first-order chi connectivity index (χ1) is 10.8. The van der Waals surface area contributed by atoms with E-state index in [1.807, 2.05) is 36.5 Å². The summed E-state index contributed by atoms with van der Waals surface area (Å²) in [4.78, 5) is 6.68. The Balaban J connectivity index is 1.48. The van der Waals surface area contributed by atoms with E-state index in [1.165, 1.54) is 5.56 Å². The van der Waals surface area contributed by atoms with E-state index >= 15 is 0 Å². The van der Waals surface area contributed by atoms with E-state index in [0.717, 1.165) is 43.4 Å². The number of hydrazone groups is 1. The molecule has 0 amide bonds. The maximum Gasteiger partial charge on any atom is 0.0830 e.